The third kappa shape index (κ3) is 2.94. The van der Waals surface area contributed by atoms with Crippen LogP contribution in [0.1, 0.15) is 11.3 Å². The SMILES string of the molecule is CN=C1S/C(=C\c2cccn2-c2ccc(C)c(Cl)c2)C(=O)N1C. The summed E-state index contributed by atoms with van der Waals surface area (Å²) in [7, 11) is 3.42. The largest absolute Gasteiger partial charge is 0.317 e. The number of carbonyl (C=O) groups is 1. The Bertz CT molecular complexity index is 838. The van der Waals surface area contributed by atoms with E-state index in [1.165, 1.54) is 11.8 Å². The molecule has 1 aromatic heterocycles. The van der Waals surface area contributed by atoms with Gasteiger partial charge in [0.05, 0.1) is 4.91 Å². The number of aliphatic imine (C=N–C) groups is 1. The van der Waals surface area contributed by atoms with Crippen LogP contribution in [0.25, 0.3) is 11.8 Å². The van der Waals surface area contributed by atoms with Gasteiger partial charge in [0.25, 0.3) is 5.91 Å². The number of aryl methyl sites for hydroxylation is 1. The molecule has 23 heavy (non-hydrogen) atoms. The highest BCUT2D eigenvalue weighted by atomic mass is 35.5. The first kappa shape index (κ1) is 15.9. The van der Waals surface area contributed by atoms with E-state index in [1.54, 1.807) is 19.0 Å². The predicted octanol–water partition coefficient (Wildman–Crippen LogP) is 3.97. The third-order valence-corrected chi connectivity index (χ3v) is 5.25. The second kappa shape index (κ2) is 6.26. The van der Waals surface area contributed by atoms with Gasteiger partial charge in [0.15, 0.2) is 5.17 Å². The van der Waals surface area contributed by atoms with Gasteiger partial charge in [-0.05, 0) is 54.6 Å². The van der Waals surface area contributed by atoms with Crippen LogP contribution in [-0.2, 0) is 4.79 Å². The lowest BCUT2D eigenvalue weighted by Crippen LogP contribution is -2.23. The lowest BCUT2D eigenvalue weighted by Gasteiger charge is -2.09. The Kier molecular flexibility index (Phi) is 4.33. The molecule has 0 radical (unpaired) electrons. The van der Waals surface area contributed by atoms with Crippen molar-refractivity contribution in [2.45, 2.75) is 6.92 Å². The molecule has 0 bridgehead atoms. The summed E-state index contributed by atoms with van der Waals surface area (Å²) in [5, 5.41) is 1.43. The summed E-state index contributed by atoms with van der Waals surface area (Å²) < 4.78 is 2.01. The van der Waals surface area contributed by atoms with Crippen LogP contribution >= 0.6 is 23.4 Å². The summed E-state index contributed by atoms with van der Waals surface area (Å²) in [6.07, 6.45) is 3.84. The molecule has 2 aromatic rings. The summed E-state index contributed by atoms with van der Waals surface area (Å²) in [5.74, 6) is -0.0368. The minimum atomic E-state index is -0.0368. The Hall–Kier alpha value is -1.98. The van der Waals surface area contributed by atoms with Gasteiger partial charge in [-0.25, -0.2) is 0 Å². The maximum Gasteiger partial charge on any atom is 0.266 e. The summed E-state index contributed by atoms with van der Waals surface area (Å²) >= 11 is 7.61. The van der Waals surface area contributed by atoms with Gasteiger partial charge in [0.1, 0.15) is 0 Å². The number of thioether (sulfide) groups is 1. The maximum atomic E-state index is 12.3. The van der Waals surface area contributed by atoms with Gasteiger partial charge in [-0.2, -0.15) is 0 Å². The van der Waals surface area contributed by atoms with Gasteiger partial charge in [0.2, 0.25) is 0 Å². The van der Waals surface area contributed by atoms with Crippen LogP contribution in [0.3, 0.4) is 0 Å². The fourth-order valence-electron chi connectivity index (χ4n) is 2.36. The van der Waals surface area contributed by atoms with E-state index in [9.17, 15) is 4.79 Å². The highest BCUT2D eigenvalue weighted by molar-refractivity contribution is 8.18. The van der Waals surface area contributed by atoms with E-state index in [-0.39, 0.29) is 5.91 Å². The van der Waals surface area contributed by atoms with Crippen molar-refractivity contribution >= 4 is 40.5 Å². The monoisotopic (exact) mass is 345 g/mol. The molecule has 1 amide bonds. The van der Waals surface area contributed by atoms with Crippen molar-refractivity contribution in [3.63, 3.8) is 0 Å². The Morgan fingerprint density at radius 3 is 2.74 bits per heavy atom. The van der Waals surface area contributed by atoms with Crippen molar-refractivity contribution < 1.29 is 4.79 Å². The topological polar surface area (TPSA) is 37.6 Å². The molecule has 0 atom stereocenters. The molecule has 2 heterocycles. The van der Waals surface area contributed by atoms with Gasteiger partial charge in [-0.3, -0.25) is 14.7 Å². The van der Waals surface area contributed by atoms with E-state index in [0.29, 0.717) is 10.1 Å². The Morgan fingerprint density at radius 1 is 1.30 bits per heavy atom. The average molecular weight is 346 g/mol. The Balaban J connectivity index is 2.00. The zero-order valence-electron chi connectivity index (χ0n) is 13.1. The predicted molar refractivity (Wildman–Crippen MR) is 97.2 cm³/mol. The number of rotatable bonds is 2. The highest BCUT2D eigenvalue weighted by Crippen LogP contribution is 2.32. The number of amides is 1. The first-order valence-corrected chi connectivity index (χ1v) is 8.29. The molecule has 4 nitrogen and oxygen atoms in total. The number of hydrogen-bond acceptors (Lipinski definition) is 3. The summed E-state index contributed by atoms with van der Waals surface area (Å²) in [5.41, 5.74) is 2.92. The van der Waals surface area contributed by atoms with Crippen molar-refractivity contribution in [2.75, 3.05) is 14.1 Å². The molecule has 0 saturated carbocycles. The van der Waals surface area contributed by atoms with Gasteiger partial charge in [-0.1, -0.05) is 17.7 Å². The molecule has 3 rings (SSSR count). The third-order valence-electron chi connectivity index (χ3n) is 3.69. The molecule has 1 saturated heterocycles. The summed E-state index contributed by atoms with van der Waals surface area (Å²) in [4.78, 5) is 18.6. The van der Waals surface area contributed by atoms with Crippen molar-refractivity contribution in [1.82, 2.24) is 9.47 Å². The molecule has 1 aliphatic rings. The number of aromatic nitrogens is 1. The Labute approximate surface area is 144 Å². The number of carbonyl (C=O) groups excluding carboxylic acids is 1. The normalized spacial score (nSPS) is 18.4. The number of likely N-dealkylation sites (N-methyl/N-ethyl adjacent to an activating group) is 1. The van der Waals surface area contributed by atoms with Crippen molar-refractivity contribution in [2.24, 2.45) is 4.99 Å². The number of benzene rings is 1. The molecule has 0 N–H and O–H groups in total. The van der Waals surface area contributed by atoms with Crippen LogP contribution < -0.4 is 0 Å². The van der Waals surface area contributed by atoms with Gasteiger partial charge in [0, 0.05) is 36.7 Å². The number of amidine groups is 1. The first-order chi connectivity index (χ1) is 11.0. The molecular formula is C17H16ClN3OS. The fourth-order valence-corrected chi connectivity index (χ4v) is 3.45. The van der Waals surface area contributed by atoms with E-state index < -0.39 is 0 Å². The second-order valence-corrected chi connectivity index (χ2v) is 6.63. The average Bonchev–Trinajstić information content (AvgIpc) is 3.10. The molecular weight excluding hydrogens is 330 g/mol. The number of nitrogens with zero attached hydrogens (tertiary/aromatic N) is 3. The van der Waals surface area contributed by atoms with Crippen LogP contribution in [0.4, 0.5) is 0 Å². The van der Waals surface area contributed by atoms with E-state index >= 15 is 0 Å². The summed E-state index contributed by atoms with van der Waals surface area (Å²) in [6, 6.07) is 9.84. The zero-order valence-corrected chi connectivity index (χ0v) is 14.6. The lowest BCUT2D eigenvalue weighted by molar-refractivity contribution is -0.121. The molecule has 6 heteroatoms. The van der Waals surface area contributed by atoms with Gasteiger partial charge in [-0.15, -0.1) is 0 Å². The van der Waals surface area contributed by atoms with Gasteiger partial charge < -0.3 is 4.57 Å². The van der Waals surface area contributed by atoms with Crippen LogP contribution in [0.15, 0.2) is 46.4 Å². The maximum absolute atomic E-state index is 12.3. The first-order valence-electron chi connectivity index (χ1n) is 7.09. The highest BCUT2D eigenvalue weighted by Gasteiger charge is 2.29. The zero-order chi connectivity index (χ0) is 16.6. The van der Waals surface area contributed by atoms with E-state index in [0.717, 1.165) is 22.0 Å². The molecule has 0 unspecified atom stereocenters. The van der Waals surface area contributed by atoms with Gasteiger partial charge >= 0.3 is 0 Å². The van der Waals surface area contributed by atoms with Crippen LogP contribution in [-0.4, -0.2) is 34.6 Å². The lowest BCUT2D eigenvalue weighted by atomic mass is 10.2. The number of halogens is 1. The van der Waals surface area contributed by atoms with Crippen molar-refractivity contribution in [1.29, 1.82) is 0 Å². The van der Waals surface area contributed by atoms with Crippen molar-refractivity contribution in [3.05, 3.63) is 57.7 Å². The Morgan fingerprint density at radius 2 is 2.09 bits per heavy atom. The quantitative estimate of drug-likeness (QED) is 0.772. The minimum Gasteiger partial charge on any atom is -0.317 e. The van der Waals surface area contributed by atoms with Crippen molar-refractivity contribution in [3.8, 4) is 5.69 Å². The second-order valence-electron chi connectivity index (χ2n) is 5.22. The molecule has 1 aliphatic heterocycles. The fraction of sp³-hybridized carbons (Fsp3) is 0.176. The summed E-state index contributed by atoms with van der Waals surface area (Å²) in [6.45, 7) is 1.97. The standard InChI is InChI=1S/C17H16ClN3OS/c1-11-6-7-13(9-14(11)18)21-8-4-5-12(21)10-15-16(22)20(3)17(19-2)23-15/h4-10H,1-3H3/b15-10-,19-17?. The van der Waals surface area contributed by atoms with Crippen LogP contribution in [0.5, 0.6) is 0 Å². The molecule has 0 spiro atoms. The molecule has 0 aliphatic carbocycles. The van der Waals surface area contributed by atoms with E-state index in [1.807, 2.05) is 54.1 Å². The van der Waals surface area contributed by atoms with E-state index in [4.69, 9.17) is 11.6 Å². The molecule has 118 valence electrons. The minimum absolute atomic E-state index is 0.0368. The molecule has 1 fully saturated rings. The van der Waals surface area contributed by atoms with Crippen LogP contribution in [0, 0.1) is 6.92 Å². The van der Waals surface area contributed by atoms with Crippen LogP contribution in [0.2, 0.25) is 5.02 Å². The smallest absolute Gasteiger partial charge is 0.266 e. The number of hydrogen-bond donors (Lipinski definition) is 0. The molecule has 1 aromatic carbocycles. The van der Waals surface area contributed by atoms with E-state index in [2.05, 4.69) is 4.99 Å².